The molecular formula is C16H20N6O4S3. The number of fused-ring (bicyclic) bond motifs is 1. The van der Waals surface area contributed by atoms with Crippen molar-refractivity contribution in [3.8, 4) is 0 Å². The van der Waals surface area contributed by atoms with E-state index in [0.717, 1.165) is 11.7 Å². The number of hydrogen-bond donors (Lipinski definition) is 0. The summed E-state index contributed by atoms with van der Waals surface area (Å²) in [5.74, 6) is 0.590. The summed E-state index contributed by atoms with van der Waals surface area (Å²) >= 11 is 0.959. The van der Waals surface area contributed by atoms with Crippen LogP contribution >= 0.6 is 11.7 Å². The van der Waals surface area contributed by atoms with Gasteiger partial charge in [-0.15, -0.1) is 0 Å². The standard InChI is InChI=1S/C16H20N6O4S3/c1-12-17-15(11-20(12)2)29(25,26)22-8-4-7-21(9-10-22)28(23,24)14-6-3-5-13-16(14)19-27-18-13/h3,5-6,11H,4,7-10H2,1-2H3. The molecule has 3 aromatic rings. The van der Waals surface area contributed by atoms with Gasteiger partial charge in [0, 0.05) is 39.4 Å². The highest BCUT2D eigenvalue weighted by Gasteiger charge is 2.34. The van der Waals surface area contributed by atoms with Crippen LogP contribution in [0.5, 0.6) is 0 Å². The third kappa shape index (κ3) is 3.57. The Bertz CT molecular complexity index is 1250. The molecule has 0 N–H and O–H groups in total. The van der Waals surface area contributed by atoms with E-state index in [1.165, 1.54) is 20.9 Å². The first-order valence-corrected chi connectivity index (χ1v) is 12.5. The Morgan fingerprint density at radius 1 is 0.966 bits per heavy atom. The number of rotatable bonds is 4. The summed E-state index contributed by atoms with van der Waals surface area (Å²) in [6, 6.07) is 4.85. The Balaban J connectivity index is 1.59. The van der Waals surface area contributed by atoms with Gasteiger partial charge in [-0.3, -0.25) is 0 Å². The van der Waals surface area contributed by atoms with Crippen LogP contribution in [-0.2, 0) is 27.1 Å². The van der Waals surface area contributed by atoms with Gasteiger partial charge in [-0.2, -0.15) is 17.4 Å². The minimum Gasteiger partial charge on any atom is -0.337 e. The van der Waals surface area contributed by atoms with Crippen molar-refractivity contribution in [3.05, 3.63) is 30.2 Å². The Morgan fingerprint density at radius 2 is 1.66 bits per heavy atom. The van der Waals surface area contributed by atoms with Crippen LogP contribution in [0.25, 0.3) is 11.0 Å². The average molecular weight is 457 g/mol. The lowest BCUT2D eigenvalue weighted by Gasteiger charge is -2.21. The average Bonchev–Trinajstić information content (AvgIpc) is 3.19. The van der Waals surface area contributed by atoms with Gasteiger partial charge in [0.25, 0.3) is 10.0 Å². The summed E-state index contributed by atoms with van der Waals surface area (Å²) in [4.78, 5) is 4.22. The number of aryl methyl sites for hydroxylation is 2. The number of imidazole rings is 1. The zero-order valence-electron chi connectivity index (χ0n) is 15.9. The van der Waals surface area contributed by atoms with E-state index >= 15 is 0 Å². The van der Waals surface area contributed by atoms with Gasteiger partial charge < -0.3 is 4.57 Å². The van der Waals surface area contributed by atoms with E-state index < -0.39 is 20.0 Å². The third-order valence-corrected chi connectivity index (χ3v) is 9.21. The Hall–Kier alpha value is -1.93. The molecule has 3 heterocycles. The first-order valence-electron chi connectivity index (χ1n) is 8.93. The highest BCUT2D eigenvalue weighted by atomic mass is 32.2. The minimum absolute atomic E-state index is 0.0212. The van der Waals surface area contributed by atoms with Gasteiger partial charge in [0.1, 0.15) is 21.8 Å². The molecule has 29 heavy (non-hydrogen) atoms. The Morgan fingerprint density at radius 3 is 2.31 bits per heavy atom. The summed E-state index contributed by atoms with van der Waals surface area (Å²) in [6.07, 6.45) is 1.86. The molecule has 0 atom stereocenters. The molecule has 0 unspecified atom stereocenters. The SMILES string of the molecule is Cc1nc(S(=O)(=O)N2CCCN(S(=O)(=O)c3cccc4nsnc34)CC2)cn1C. The van der Waals surface area contributed by atoms with Crippen LogP contribution in [0.2, 0.25) is 0 Å². The van der Waals surface area contributed by atoms with Crippen LogP contribution in [0.3, 0.4) is 0 Å². The van der Waals surface area contributed by atoms with E-state index in [9.17, 15) is 16.8 Å². The molecular weight excluding hydrogens is 436 g/mol. The zero-order valence-corrected chi connectivity index (χ0v) is 18.3. The molecule has 10 nitrogen and oxygen atoms in total. The first-order chi connectivity index (χ1) is 13.7. The zero-order chi connectivity index (χ0) is 20.8. The summed E-state index contributed by atoms with van der Waals surface area (Å²) in [5, 5.41) is -0.0212. The van der Waals surface area contributed by atoms with Crippen molar-refractivity contribution < 1.29 is 16.8 Å². The molecule has 13 heteroatoms. The lowest BCUT2D eigenvalue weighted by Crippen LogP contribution is -2.37. The van der Waals surface area contributed by atoms with Gasteiger partial charge in [0.15, 0.2) is 5.03 Å². The van der Waals surface area contributed by atoms with Crippen molar-refractivity contribution in [3.63, 3.8) is 0 Å². The lowest BCUT2D eigenvalue weighted by atomic mass is 10.3. The largest absolute Gasteiger partial charge is 0.337 e. The number of sulfonamides is 2. The number of hydrogen-bond acceptors (Lipinski definition) is 8. The molecule has 1 fully saturated rings. The van der Waals surface area contributed by atoms with E-state index in [-0.39, 0.29) is 36.1 Å². The molecule has 1 aromatic carbocycles. The van der Waals surface area contributed by atoms with Crippen molar-refractivity contribution in [2.75, 3.05) is 26.2 Å². The van der Waals surface area contributed by atoms with Crippen LogP contribution in [0.4, 0.5) is 0 Å². The molecule has 1 aliphatic heterocycles. The predicted molar refractivity (Wildman–Crippen MR) is 107 cm³/mol. The van der Waals surface area contributed by atoms with Gasteiger partial charge in [-0.05, 0) is 25.5 Å². The lowest BCUT2D eigenvalue weighted by molar-refractivity contribution is 0.404. The van der Waals surface area contributed by atoms with E-state index in [4.69, 9.17) is 0 Å². The predicted octanol–water partition coefficient (Wildman–Crippen LogP) is 0.819. The van der Waals surface area contributed by atoms with E-state index in [2.05, 4.69) is 13.7 Å². The van der Waals surface area contributed by atoms with E-state index in [0.29, 0.717) is 23.3 Å². The summed E-state index contributed by atoms with van der Waals surface area (Å²) in [7, 11) is -5.88. The smallest absolute Gasteiger partial charge is 0.262 e. The minimum atomic E-state index is -3.82. The molecule has 0 amide bonds. The van der Waals surface area contributed by atoms with Crippen LogP contribution in [0, 0.1) is 6.92 Å². The highest BCUT2D eigenvalue weighted by Crippen LogP contribution is 2.26. The van der Waals surface area contributed by atoms with Gasteiger partial charge in [0.2, 0.25) is 10.0 Å². The summed E-state index contributed by atoms with van der Waals surface area (Å²) in [6.45, 7) is 2.30. The maximum Gasteiger partial charge on any atom is 0.262 e. The fourth-order valence-electron chi connectivity index (χ4n) is 3.26. The fraction of sp³-hybridized carbons (Fsp3) is 0.438. The van der Waals surface area contributed by atoms with Gasteiger partial charge in [-0.25, -0.2) is 21.8 Å². The number of nitrogens with zero attached hydrogens (tertiary/aromatic N) is 6. The van der Waals surface area contributed by atoms with Crippen molar-refractivity contribution in [2.45, 2.75) is 23.3 Å². The van der Waals surface area contributed by atoms with E-state index in [1.54, 1.807) is 30.7 Å². The van der Waals surface area contributed by atoms with Crippen molar-refractivity contribution in [1.82, 2.24) is 26.9 Å². The Kier molecular flexibility index (Phi) is 5.19. The second-order valence-corrected chi connectivity index (χ2v) is 11.1. The molecule has 1 saturated heterocycles. The van der Waals surface area contributed by atoms with Crippen molar-refractivity contribution in [1.29, 1.82) is 0 Å². The van der Waals surface area contributed by atoms with Gasteiger partial charge in [0.05, 0.1) is 11.7 Å². The normalized spacial score (nSPS) is 17.6. The maximum absolute atomic E-state index is 13.2. The Labute approximate surface area is 173 Å². The van der Waals surface area contributed by atoms with Crippen LogP contribution in [0.15, 0.2) is 34.3 Å². The second kappa shape index (κ2) is 7.40. The topological polar surface area (TPSA) is 118 Å². The van der Waals surface area contributed by atoms with Crippen LogP contribution < -0.4 is 0 Å². The van der Waals surface area contributed by atoms with Gasteiger partial charge >= 0.3 is 0 Å². The number of benzene rings is 1. The molecule has 156 valence electrons. The first kappa shape index (κ1) is 20.3. The highest BCUT2D eigenvalue weighted by molar-refractivity contribution is 7.89. The van der Waals surface area contributed by atoms with Crippen molar-refractivity contribution in [2.24, 2.45) is 7.05 Å². The summed E-state index contributed by atoms with van der Waals surface area (Å²) < 4.78 is 64.8. The van der Waals surface area contributed by atoms with Gasteiger partial charge in [-0.1, -0.05) is 6.07 Å². The van der Waals surface area contributed by atoms with Crippen molar-refractivity contribution >= 4 is 42.8 Å². The summed E-state index contributed by atoms with van der Waals surface area (Å²) in [5.41, 5.74) is 0.871. The number of aromatic nitrogens is 4. The van der Waals surface area contributed by atoms with E-state index in [1.807, 2.05) is 0 Å². The molecule has 0 spiro atoms. The van der Waals surface area contributed by atoms with Crippen LogP contribution in [0.1, 0.15) is 12.2 Å². The molecule has 2 aromatic heterocycles. The molecule has 1 aliphatic rings. The quantitative estimate of drug-likeness (QED) is 0.570. The second-order valence-electron chi connectivity index (χ2n) is 6.79. The molecule has 0 bridgehead atoms. The molecule has 4 rings (SSSR count). The maximum atomic E-state index is 13.2. The fourth-order valence-corrected chi connectivity index (χ4v) is 6.98. The van der Waals surface area contributed by atoms with Crippen LogP contribution in [-0.4, -0.2) is 69.9 Å². The third-order valence-electron chi connectivity index (χ3n) is 4.97. The monoisotopic (exact) mass is 456 g/mol. The molecule has 0 radical (unpaired) electrons. The molecule has 0 aliphatic carbocycles. The molecule has 0 saturated carbocycles.